The molecule has 0 amide bonds. The Labute approximate surface area is 103 Å². The number of nitro benzene ring substituents is 1. The number of nitro groups is 1. The SMILES string of the molecule is CONS(=O)(=O)c1c(C)cc(F)c([N+](=O)[O-])c1C. The van der Waals surface area contributed by atoms with Gasteiger partial charge in [-0.1, -0.05) is 4.89 Å². The van der Waals surface area contributed by atoms with E-state index in [0.29, 0.717) is 0 Å². The van der Waals surface area contributed by atoms with Crippen LogP contribution in [0, 0.1) is 29.8 Å². The quantitative estimate of drug-likeness (QED) is 0.659. The zero-order valence-corrected chi connectivity index (χ0v) is 10.7. The fraction of sp³-hybridized carbons (Fsp3) is 0.333. The molecule has 7 nitrogen and oxygen atoms in total. The number of aryl methyl sites for hydroxylation is 1. The Balaban J connectivity index is 3.66. The van der Waals surface area contributed by atoms with Crippen LogP contribution >= 0.6 is 0 Å². The van der Waals surface area contributed by atoms with Crippen molar-refractivity contribution in [2.45, 2.75) is 18.7 Å². The number of hydrogen-bond acceptors (Lipinski definition) is 5. The Bertz CT molecular complexity index is 599. The fourth-order valence-electron chi connectivity index (χ4n) is 1.70. The molecule has 0 saturated heterocycles. The van der Waals surface area contributed by atoms with E-state index in [1.807, 2.05) is 0 Å². The van der Waals surface area contributed by atoms with E-state index in [-0.39, 0.29) is 16.0 Å². The lowest BCUT2D eigenvalue weighted by molar-refractivity contribution is -0.388. The number of benzene rings is 1. The van der Waals surface area contributed by atoms with Gasteiger partial charge in [-0.2, -0.15) is 4.39 Å². The van der Waals surface area contributed by atoms with Gasteiger partial charge in [0, 0.05) is 0 Å². The van der Waals surface area contributed by atoms with Crippen molar-refractivity contribution < 1.29 is 22.6 Å². The van der Waals surface area contributed by atoms with Crippen LogP contribution in [0.4, 0.5) is 10.1 Å². The van der Waals surface area contributed by atoms with Crippen molar-refractivity contribution in [2.75, 3.05) is 7.11 Å². The second-order valence-electron chi connectivity index (χ2n) is 3.53. The molecule has 0 aromatic heterocycles. The fourth-order valence-corrected chi connectivity index (χ4v) is 2.98. The summed E-state index contributed by atoms with van der Waals surface area (Å²) in [5.41, 5.74) is -1.08. The molecule has 1 N–H and O–H groups in total. The summed E-state index contributed by atoms with van der Waals surface area (Å²) < 4.78 is 37.0. The molecule has 9 heteroatoms. The van der Waals surface area contributed by atoms with Gasteiger partial charge in [0.25, 0.3) is 10.0 Å². The summed E-state index contributed by atoms with van der Waals surface area (Å²) in [5, 5.41) is 10.7. The van der Waals surface area contributed by atoms with Gasteiger partial charge in [-0.05, 0) is 25.5 Å². The van der Waals surface area contributed by atoms with Crippen LogP contribution < -0.4 is 4.89 Å². The Morgan fingerprint density at radius 2 is 2.00 bits per heavy atom. The summed E-state index contributed by atoms with van der Waals surface area (Å²) in [4.78, 5) is 15.4. The molecule has 0 heterocycles. The van der Waals surface area contributed by atoms with Crippen molar-refractivity contribution in [3.05, 3.63) is 33.1 Å². The highest BCUT2D eigenvalue weighted by molar-refractivity contribution is 7.89. The predicted octanol–water partition coefficient (Wildman–Crippen LogP) is 1.19. The van der Waals surface area contributed by atoms with E-state index in [2.05, 4.69) is 4.84 Å². The van der Waals surface area contributed by atoms with E-state index in [1.54, 1.807) is 4.89 Å². The van der Waals surface area contributed by atoms with Gasteiger partial charge in [-0.25, -0.2) is 8.42 Å². The van der Waals surface area contributed by atoms with Crippen molar-refractivity contribution in [3.63, 3.8) is 0 Å². The van der Waals surface area contributed by atoms with Gasteiger partial charge in [-0.15, -0.1) is 0 Å². The number of hydrogen-bond donors (Lipinski definition) is 1. The van der Waals surface area contributed by atoms with Gasteiger partial charge in [0.05, 0.1) is 22.5 Å². The number of halogens is 1. The Morgan fingerprint density at radius 3 is 2.44 bits per heavy atom. The Morgan fingerprint density at radius 1 is 1.44 bits per heavy atom. The lowest BCUT2D eigenvalue weighted by atomic mass is 10.1. The Hall–Kier alpha value is -1.58. The molecule has 0 atom stereocenters. The normalized spacial score (nSPS) is 11.6. The third-order valence-electron chi connectivity index (χ3n) is 2.27. The van der Waals surface area contributed by atoms with E-state index in [1.165, 1.54) is 13.8 Å². The molecule has 0 aliphatic carbocycles. The van der Waals surface area contributed by atoms with Crippen LogP contribution in [0.5, 0.6) is 0 Å². The standard InChI is InChI=1S/C9H11FN2O5S/c1-5-4-7(10)8(12(13)14)6(2)9(5)18(15,16)11-17-3/h4,11H,1-3H3. The van der Waals surface area contributed by atoms with Gasteiger partial charge >= 0.3 is 5.69 Å². The lowest BCUT2D eigenvalue weighted by Gasteiger charge is -2.11. The van der Waals surface area contributed by atoms with E-state index >= 15 is 0 Å². The Kier molecular flexibility index (Phi) is 3.99. The second kappa shape index (κ2) is 4.96. The molecular formula is C9H11FN2O5S. The summed E-state index contributed by atoms with van der Waals surface area (Å²) >= 11 is 0. The van der Waals surface area contributed by atoms with E-state index in [0.717, 1.165) is 13.2 Å². The maximum atomic E-state index is 13.4. The molecule has 0 aliphatic rings. The molecule has 0 aliphatic heterocycles. The van der Waals surface area contributed by atoms with Crippen molar-refractivity contribution >= 4 is 15.7 Å². The maximum Gasteiger partial charge on any atom is 0.309 e. The topological polar surface area (TPSA) is 98.5 Å². The molecule has 1 aromatic rings. The first-order valence-electron chi connectivity index (χ1n) is 4.71. The largest absolute Gasteiger partial charge is 0.309 e. The molecule has 1 aromatic carbocycles. The first-order chi connectivity index (χ1) is 8.22. The molecule has 0 spiro atoms. The third-order valence-corrected chi connectivity index (χ3v) is 3.82. The third kappa shape index (κ3) is 2.47. The van der Waals surface area contributed by atoms with Gasteiger partial charge in [0.2, 0.25) is 5.82 Å². The first-order valence-corrected chi connectivity index (χ1v) is 6.19. The van der Waals surface area contributed by atoms with Crippen molar-refractivity contribution in [1.29, 1.82) is 0 Å². The summed E-state index contributed by atoms with van der Waals surface area (Å²) in [6, 6.07) is 0.801. The van der Waals surface area contributed by atoms with Crippen LogP contribution in [-0.2, 0) is 14.9 Å². The summed E-state index contributed by atoms with van der Waals surface area (Å²) in [5.74, 6) is -1.08. The van der Waals surface area contributed by atoms with Crippen LogP contribution in [0.2, 0.25) is 0 Å². The molecule has 1 rings (SSSR count). The van der Waals surface area contributed by atoms with Gasteiger partial charge < -0.3 is 0 Å². The van der Waals surface area contributed by atoms with Crippen LogP contribution in [0.25, 0.3) is 0 Å². The molecule has 0 fully saturated rings. The van der Waals surface area contributed by atoms with Crippen molar-refractivity contribution in [2.24, 2.45) is 0 Å². The average molecular weight is 278 g/mol. The first kappa shape index (κ1) is 14.5. The van der Waals surface area contributed by atoms with E-state index < -0.39 is 26.5 Å². The smallest absolute Gasteiger partial charge is 0.290 e. The van der Waals surface area contributed by atoms with E-state index in [4.69, 9.17) is 0 Å². The summed E-state index contributed by atoms with van der Waals surface area (Å²) in [7, 11) is -3.00. The van der Waals surface area contributed by atoms with Crippen molar-refractivity contribution in [3.8, 4) is 0 Å². The molecule has 0 saturated carbocycles. The number of sulfonamides is 1. The molecule has 0 unspecified atom stereocenters. The highest BCUT2D eigenvalue weighted by Gasteiger charge is 2.29. The lowest BCUT2D eigenvalue weighted by Crippen LogP contribution is -2.24. The van der Waals surface area contributed by atoms with Gasteiger partial charge in [0.1, 0.15) is 0 Å². The minimum atomic E-state index is -4.09. The number of nitrogens with zero attached hydrogens (tertiary/aromatic N) is 1. The van der Waals surface area contributed by atoms with Crippen LogP contribution in [0.1, 0.15) is 11.1 Å². The molecular weight excluding hydrogens is 267 g/mol. The molecule has 0 bridgehead atoms. The minimum absolute atomic E-state index is 0.0557. The van der Waals surface area contributed by atoms with Crippen LogP contribution in [-0.4, -0.2) is 20.5 Å². The minimum Gasteiger partial charge on any atom is -0.290 e. The highest BCUT2D eigenvalue weighted by Crippen LogP contribution is 2.30. The molecule has 100 valence electrons. The van der Waals surface area contributed by atoms with Crippen LogP contribution in [0.15, 0.2) is 11.0 Å². The van der Waals surface area contributed by atoms with Crippen molar-refractivity contribution in [1.82, 2.24) is 4.89 Å². The zero-order chi connectivity index (χ0) is 14.1. The van der Waals surface area contributed by atoms with Gasteiger partial charge in [-0.3, -0.25) is 15.0 Å². The zero-order valence-electron chi connectivity index (χ0n) is 9.85. The summed E-state index contributed by atoms with van der Waals surface area (Å²) in [6.45, 7) is 2.50. The van der Waals surface area contributed by atoms with E-state index in [9.17, 15) is 22.9 Å². The molecule has 0 radical (unpaired) electrons. The summed E-state index contributed by atoms with van der Waals surface area (Å²) in [6.07, 6.45) is 0. The number of rotatable bonds is 4. The average Bonchev–Trinajstić information content (AvgIpc) is 2.14. The van der Waals surface area contributed by atoms with Crippen LogP contribution in [0.3, 0.4) is 0 Å². The highest BCUT2D eigenvalue weighted by atomic mass is 32.2. The molecule has 18 heavy (non-hydrogen) atoms. The number of nitrogens with one attached hydrogen (secondary N) is 1. The second-order valence-corrected chi connectivity index (χ2v) is 5.11. The predicted molar refractivity (Wildman–Crippen MR) is 59.9 cm³/mol. The maximum absolute atomic E-state index is 13.4. The van der Waals surface area contributed by atoms with Gasteiger partial charge in [0.15, 0.2) is 0 Å². The monoisotopic (exact) mass is 278 g/mol.